The normalized spacial score (nSPS) is 13.7. The number of fused-ring (bicyclic) bond motifs is 1. The molecule has 3 rings (SSSR count). The van der Waals surface area contributed by atoms with Crippen LogP contribution in [0.15, 0.2) is 35.7 Å². The third-order valence-electron chi connectivity index (χ3n) is 3.20. The van der Waals surface area contributed by atoms with Crippen LogP contribution in [0.4, 0.5) is 0 Å². The Hall–Kier alpha value is -2.14. The number of rotatable bonds is 3. The highest BCUT2D eigenvalue weighted by atomic mass is 32.1. The van der Waals surface area contributed by atoms with Crippen LogP contribution in [0.2, 0.25) is 0 Å². The maximum absolute atomic E-state index is 12.2. The van der Waals surface area contributed by atoms with Crippen LogP contribution in [-0.4, -0.2) is 21.9 Å². The van der Waals surface area contributed by atoms with Gasteiger partial charge in [-0.1, -0.05) is 18.2 Å². The van der Waals surface area contributed by atoms with Gasteiger partial charge in [0.2, 0.25) is 0 Å². The fraction of sp³-hybridized carbons (Fsp3) is 0.143. The highest BCUT2D eigenvalue weighted by molar-refractivity contribution is 7.12. The summed E-state index contributed by atoms with van der Waals surface area (Å²) in [7, 11) is 0. The zero-order chi connectivity index (χ0) is 13.4. The van der Waals surface area contributed by atoms with Crippen molar-refractivity contribution >= 4 is 23.2 Å². The number of thiophene rings is 1. The van der Waals surface area contributed by atoms with Crippen molar-refractivity contribution in [3.8, 4) is 0 Å². The van der Waals surface area contributed by atoms with Crippen LogP contribution >= 0.6 is 11.3 Å². The van der Waals surface area contributed by atoms with Gasteiger partial charge in [0.1, 0.15) is 4.88 Å². The van der Waals surface area contributed by atoms with Crippen LogP contribution in [0, 0.1) is 0 Å². The van der Waals surface area contributed by atoms with Crippen LogP contribution < -0.4 is 0 Å². The second kappa shape index (κ2) is 4.51. The zero-order valence-electron chi connectivity index (χ0n) is 10.00. The van der Waals surface area contributed by atoms with Gasteiger partial charge in [0.05, 0.1) is 0 Å². The lowest BCUT2D eigenvalue weighted by Crippen LogP contribution is -2.23. The summed E-state index contributed by atoms with van der Waals surface area (Å²) < 4.78 is 0. The van der Waals surface area contributed by atoms with Crippen LogP contribution in [0.1, 0.15) is 31.2 Å². The van der Waals surface area contributed by atoms with Crippen molar-refractivity contribution < 1.29 is 14.7 Å². The molecule has 0 saturated heterocycles. The van der Waals surface area contributed by atoms with Gasteiger partial charge in [-0.2, -0.15) is 0 Å². The van der Waals surface area contributed by atoms with Crippen LogP contribution in [0.25, 0.3) is 0 Å². The second-order valence-electron chi connectivity index (χ2n) is 4.40. The lowest BCUT2D eigenvalue weighted by Gasteiger charge is -2.15. The van der Waals surface area contributed by atoms with Crippen LogP contribution in [0.3, 0.4) is 0 Å². The molecule has 4 nitrogen and oxygen atoms in total. The van der Waals surface area contributed by atoms with E-state index in [1.165, 1.54) is 11.3 Å². The SMILES string of the molecule is O=C(O)c1sccc1CN1Cc2ccccc2C1=O. The van der Waals surface area contributed by atoms with Gasteiger partial charge in [-0.05, 0) is 28.6 Å². The molecule has 0 spiro atoms. The smallest absolute Gasteiger partial charge is 0.346 e. The molecule has 1 amide bonds. The van der Waals surface area contributed by atoms with Crippen LogP contribution in [0.5, 0.6) is 0 Å². The van der Waals surface area contributed by atoms with E-state index in [0.29, 0.717) is 23.5 Å². The Bertz CT molecular complexity index is 662. The minimum absolute atomic E-state index is 0.0295. The lowest BCUT2D eigenvalue weighted by molar-refractivity contribution is 0.0691. The van der Waals surface area contributed by atoms with Crippen molar-refractivity contribution in [2.75, 3.05) is 0 Å². The third kappa shape index (κ3) is 2.02. The predicted molar refractivity (Wildman–Crippen MR) is 71.3 cm³/mol. The molecule has 0 aliphatic carbocycles. The summed E-state index contributed by atoms with van der Waals surface area (Å²) in [6.07, 6.45) is 0. The first kappa shape index (κ1) is 11.9. The van der Waals surface area contributed by atoms with Crippen molar-refractivity contribution in [2.24, 2.45) is 0 Å². The number of carbonyl (C=O) groups excluding carboxylic acids is 1. The molecule has 0 fully saturated rings. The lowest BCUT2D eigenvalue weighted by atomic mass is 10.1. The topological polar surface area (TPSA) is 57.6 Å². The molecule has 2 aromatic rings. The van der Waals surface area contributed by atoms with Gasteiger partial charge >= 0.3 is 5.97 Å². The summed E-state index contributed by atoms with van der Waals surface area (Å²) in [5.74, 6) is -0.965. The van der Waals surface area contributed by atoms with E-state index in [2.05, 4.69) is 0 Å². The molecule has 2 heterocycles. The van der Waals surface area contributed by atoms with Crippen LogP contribution in [-0.2, 0) is 13.1 Å². The monoisotopic (exact) mass is 273 g/mol. The first-order valence-corrected chi connectivity index (χ1v) is 6.71. The van der Waals surface area contributed by atoms with Crippen molar-refractivity contribution in [2.45, 2.75) is 13.1 Å². The molecule has 19 heavy (non-hydrogen) atoms. The molecule has 1 aromatic carbocycles. The van der Waals surface area contributed by atoms with Gasteiger partial charge in [-0.25, -0.2) is 4.79 Å². The number of hydrogen-bond donors (Lipinski definition) is 1. The Morgan fingerprint density at radius 1 is 1.32 bits per heavy atom. The Labute approximate surface area is 113 Å². The molecule has 0 saturated carbocycles. The molecular weight excluding hydrogens is 262 g/mol. The van der Waals surface area contributed by atoms with Gasteiger partial charge in [0.15, 0.2) is 0 Å². The number of nitrogens with zero attached hydrogens (tertiary/aromatic N) is 1. The maximum atomic E-state index is 12.2. The van der Waals surface area contributed by atoms with Gasteiger partial charge in [0.25, 0.3) is 5.91 Å². The van der Waals surface area contributed by atoms with Gasteiger partial charge in [-0.15, -0.1) is 11.3 Å². The molecule has 1 aromatic heterocycles. The Morgan fingerprint density at radius 2 is 2.11 bits per heavy atom. The highest BCUT2D eigenvalue weighted by Gasteiger charge is 2.27. The molecular formula is C14H11NO3S. The molecule has 5 heteroatoms. The van der Waals surface area contributed by atoms with E-state index in [1.807, 2.05) is 24.3 Å². The van der Waals surface area contributed by atoms with E-state index in [4.69, 9.17) is 5.11 Å². The van der Waals surface area contributed by atoms with E-state index < -0.39 is 5.97 Å². The fourth-order valence-corrected chi connectivity index (χ4v) is 3.05. The van der Waals surface area contributed by atoms with Crippen molar-refractivity contribution in [3.05, 3.63) is 57.3 Å². The van der Waals surface area contributed by atoms with Crippen molar-refractivity contribution in [3.63, 3.8) is 0 Å². The van der Waals surface area contributed by atoms with Gasteiger partial charge in [0, 0.05) is 18.7 Å². The third-order valence-corrected chi connectivity index (χ3v) is 4.14. The average molecular weight is 273 g/mol. The molecule has 0 unspecified atom stereocenters. The van der Waals surface area contributed by atoms with Gasteiger partial charge in [-0.3, -0.25) is 4.79 Å². The molecule has 96 valence electrons. The Balaban J connectivity index is 1.85. The maximum Gasteiger partial charge on any atom is 0.346 e. The summed E-state index contributed by atoms with van der Waals surface area (Å²) in [6.45, 7) is 0.891. The number of hydrogen-bond acceptors (Lipinski definition) is 3. The summed E-state index contributed by atoms with van der Waals surface area (Å²) >= 11 is 1.19. The van der Waals surface area contributed by atoms with E-state index in [1.54, 1.807) is 16.3 Å². The second-order valence-corrected chi connectivity index (χ2v) is 5.31. The number of carbonyl (C=O) groups is 2. The fourth-order valence-electron chi connectivity index (χ4n) is 2.30. The number of benzene rings is 1. The number of amides is 1. The van der Waals surface area contributed by atoms with Gasteiger partial charge < -0.3 is 10.0 Å². The first-order chi connectivity index (χ1) is 9.16. The molecule has 1 aliphatic rings. The first-order valence-electron chi connectivity index (χ1n) is 5.83. The Morgan fingerprint density at radius 3 is 2.84 bits per heavy atom. The number of aromatic carboxylic acids is 1. The Kier molecular flexibility index (Phi) is 2.83. The van der Waals surface area contributed by atoms with E-state index in [9.17, 15) is 9.59 Å². The quantitative estimate of drug-likeness (QED) is 0.935. The number of carboxylic acid groups (broad SMARTS) is 1. The average Bonchev–Trinajstić information content (AvgIpc) is 2.97. The largest absolute Gasteiger partial charge is 0.477 e. The van der Waals surface area contributed by atoms with E-state index >= 15 is 0 Å². The molecule has 0 bridgehead atoms. The molecule has 0 radical (unpaired) electrons. The van der Waals surface area contributed by atoms with E-state index in [0.717, 1.165) is 11.1 Å². The number of carboxylic acids is 1. The molecule has 1 N–H and O–H groups in total. The zero-order valence-corrected chi connectivity index (χ0v) is 10.8. The molecule has 0 atom stereocenters. The minimum Gasteiger partial charge on any atom is -0.477 e. The molecule has 1 aliphatic heterocycles. The highest BCUT2D eigenvalue weighted by Crippen LogP contribution is 2.26. The standard InChI is InChI=1S/C14H11NO3S/c16-13-11-4-2-1-3-9(11)7-15(13)8-10-5-6-19-12(10)14(17)18/h1-6H,7-8H2,(H,17,18). The van der Waals surface area contributed by atoms with Crippen molar-refractivity contribution in [1.82, 2.24) is 4.90 Å². The minimum atomic E-state index is -0.936. The summed E-state index contributed by atoms with van der Waals surface area (Å²) in [5, 5.41) is 10.8. The van der Waals surface area contributed by atoms with E-state index in [-0.39, 0.29) is 5.91 Å². The predicted octanol–water partition coefficient (Wildman–Crippen LogP) is 2.60. The van der Waals surface area contributed by atoms with Crippen molar-refractivity contribution in [1.29, 1.82) is 0 Å². The summed E-state index contributed by atoms with van der Waals surface area (Å²) in [6, 6.07) is 9.25. The summed E-state index contributed by atoms with van der Waals surface area (Å²) in [4.78, 5) is 25.2. The summed E-state index contributed by atoms with van der Waals surface area (Å²) in [5.41, 5.74) is 2.41.